The molecule has 2 fully saturated rings. The molecule has 2 aliphatic rings. The highest BCUT2D eigenvalue weighted by Crippen LogP contribution is 2.27. The van der Waals surface area contributed by atoms with Gasteiger partial charge in [0, 0.05) is 25.6 Å². The van der Waals surface area contributed by atoms with Crippen LogP contribution in [0.15, 0.2) is 0 Å². The Labute approximate surface area is 125 Å². The molecule has 2 rings (SSSR count). The van der Waals surface area contributed by atoms with E-state index in [-0.39, 0.29) is 30.2 Å². The first-order chi connectivity index (χ1) is 9.99. The highest BCUT2D eigenvalue weighted by molar-refractivity contribution is 5.91. The fourth-order valence-corrected chi connectivity index (χ4v) is 3.50. The number of hydrogen-bond acceptors (Lipinski definition) is 3. The number of rotatable bonds is 5. The fourth-order valence-electron chi connectivity index (χ4n) is 3.50. The largest absolute Gasteiger partial charge is 0.480 e. The molecule has 0 saturated carbocycles. The third-order valence-corrected chi connectivity index (χ3v) is 4.71. The minimum atomic E-state index is -0.943. The van der Waals surface area contributed by atoms with E-state index in [0.29, 0.717) is 19.5 Å². The molecule has 21 heavy (non-hydrogen) atoms. The van der Waals surface area contributed by atoms with Gasteiger partial charge < -0.3 is 14.9 Å². The van der Waals surface area contributed by atoms with Crippen LogP contribution in [0.3, 0.4) is 0 Å². The summed E-state index contributed by atoms with van der Waals surface area (Å²) in [6, 6.07) is -0.529. The smallest absolute Gasteiger partial charge is 0.326 e. The minimum absolute atomic E-state index is 0.0214. The molecule has 118 valence electrons. The molecule has 6 nitrogen and oxygen atoms in total. The molecule has 6 heteroatoms. The van der Waals surface area contributed by atoms with Crippen molar-refractivity contribution in [2.24, 2.45) is 5.92 Å². The van der Waals surface area contributed by atoms with Gasteiger partial charge in [0.1, 0.15) is 6.04 Å². The lowest BCUT2D eigenvalue weighted by atomic mass is 10.1. The van der Waals surface area contributed by atoms with Crippen LogP contribution in [0.2, 0.25) is 0 Å². The number of carbonyl (C=O) groups is 3. The Hall–Kier alpha value is -1.59. The SMILES string of the molecule is CCC(CC)N1CC(C(=O)N2CCC[C@@H]2C(=O)O)CC1=O. The van der Waals surface area contributed by atoms with E-state index in [9.17, 15) is 19.5 Å². The second-order valence-corrected chi connectivity index (χ2v) is 5.95. The second kappa shape index (κ2) is 6.45. The van der Waals surface area contributed by atoms with E-state index in [1.54, 1.807) is 4.90 Å². The van der Waals surface area contributed by atoms with Crippen molar-refractivity contribution in [1.82, 2.24) is 9.80 Å². The molecular weight excluding hydrogens is 272 g/mol. The number of carboxylic acids is 1. The normalized spacial score (nSPS) is 26.0. The summed E-state index contributed by atoms with van der Waals surface area (Å²) in [6.07, 6.45) is 3.21. The van der Waals surface area contributed by atoms with Gasteiger partial charge in [-0.3, -0.25) is 9.59 Å². The van der Waals surface area contributed by atoms with Crippen LogP contribution in [0, 0.1) is 5.92 Å². The van der Waals surface area contributed by atoms with Gasteiger partial charge in [-0.15, -0.1) is 0 Å². The molecule has 1 unspecified atom stereocenters. The number of carboxylic acid groups (broad SMARTS) is 1. The molecule has 2 saturated heterocycles. The quantitative estimate of drug-likeness (QED) is 0.824. The molecule has 2 heterocycles. The lowest BCUT2D eigenvalue weighted by molar-refractivity contribution is -0.149. The lowest BCUT2D eigenvalue weighted by Crippen LogP contribution is -2.44. The van der Waals surface area contributed by atoms with Gasteiger partial charge in [0.15, 0.2) is 0 Å². The van der Waals surface area contributed by atoms with Crippen molar-refractivity contribution in [3.63, 3.8) is 0 Å². The Morgan fingerprint density at radius 3 is 2.57 bits per heavy atom. The monoisotopic (exact) mass is 296 g/mol. The molecule has 0 aromatic rings. The Kier molecular flexibility index (Phi) is 4.85. The molecule has 0 spiro atoms. The van der Waals surface area contributed by atoms with E-state index in [1.165, 1.54) is 4.90 Å². The van der Waals surface area contributed by atoms with Crippen molar-refractivity contribution in [2.75, 3.05) is 13.1 Å². The molecule has 1 N–H and O–H groups in total. The molecule has 0 aliphatic carbocycles. The van der Waals surface area contributed by atoms with Crippen LogP contribution in [-0.2, 0) is 14.4 Å². The Balaban J connectivity index is 2.04. The van der Waals surface area contributed by atoms with Crippen molar-refractivity contribution in [3.05, 3.63) is 0 Å². The molecule has 0 aromatic heterocycles. The fraction of sp³-hybridized carbons (Fsp3) is 0.800. The van der Waals surface area contributed by atoms with Crippen LogP contribution in [0.5, 0.6) is 0 Å². The van der Waals surface area contributed by atoms with Crippen molar-refractivity contribution in [2.45, 2.75) is 58.0 Å². The van der Waals surface area contributed by atoms with Crippen LogP contribution in [-0.4, -0.2) is 57.9 Å². The van der Waals surface area contributed by atoms with Crippen molar-refractivity contribution >= 4 is 17.8 Å². The zero-order valence-corrected chi connectivity index (χ0v) is 12.7. The Morgan fingerprint density at radius 2 is 2.00 bits per heavy atom. The van der Waals surface area contributed by atoms with E-state index >= 15 is 0 Å². The van der Waals surface area contributed by atoms with Gasteiger partial charge in [0.25, 0.3) is 0 Å². The molecular formula is C15H24N2O4. The summed E-state index contributed by atoms with van der Waals surface area (Å²) in [5.74, 6) is -1.46. The summed E-state index contributed by atoms with van der Waals surface area (Å²) in [4.78, 5) is 39.1. The van der Waals surface area contributed by atoms with Gasteiger partial charge in [-0.25, -0.2) is 4.79 Å². The Bertz CT molecular complexity index is 433. The number of amides is 2. The van der Waals surface area contributed by atoms with Gasteiger partial charge in [-0.05, 0) is 25.7 Å². The summed E-state index contributed by atoms with van der Waals surface area (Å²) in [6.45, 7) is 5.01. The Morgan fingerprint density at radius 1 is 1.33 bits per heavy atom. The van der Waals surface area contributed by atoms with Crippen molar-refractivity contribution in [1.29, 1.82) is 0 Å². The highest BCUT2D eigenvalue weighted by Gasteiger charge is 2.42. The van der Waals surface area contributed by atoms with E-state index in [4.69, 9.17) is 0 Å². The third-order valence-electron chi connectivity index (χ3n) is 4.71. The van der Waals surface area contributed by atoms with Gasteiger partial charge in [-0.2, -0.15) is 0 Å². The maximum absolute atomic E-state index is 12.5. The molecule has 0 aromatic carbocycles. The standard InChI is InChI=1S/C15H24N2O4/c1-3-11(4-2)17-9-10(8-13(17)18)14(19)16-7-5-6-12(16)15(20)21/h10-12H,3-9H2,1-2H3,(H,20,21)/t10?,12-/m1/s1. The van der Waals surface area contributed by atoms with Crippen LogP contribution < -0.4 is 0 Å². The summed E-state index contributed by atoms with van der Waals surface area (Å²) < 4.78 is 0. The predicted octanol–water partition coefficient (Wildman–Crippen LogP) is 1.10. The number of aliphatic carboxylic acids is 1. The van der Waals surface area contributed by atoms with Crippen LogP contribution in [0.1, 0.15) is 46.0 Å². The first-order valence-corrected chi connectivity index (χ1v) is 7.82. The predicted molar refractivity (Wildman–Crippen MR) is 76.6 cm³/mol. The maximum Gasteiger partial charge on any atom is 0.326 e. The summed E-state index contributed by atoms with van der Waals surface area (Å²) in [5.41, 5.74) is 0. The van der Waals surface area contributed by atoms with E-state index in [2.05, 4.69) is 0 Å². The average Bonchev–Trinajstić information content (AvgIpc) is 3.07. The number of nitrogens with zero attached hydrogens (tertiary/aromatic N) is 2. The maximum atomic E-state index is 12.5. The van der Waals surface area contributed by atoms with Crippen molar-refractivity contribution in [3.8, 4) is 0 Å². The third kappa shape index (κ3) is 3.04. The minimum Gasteiger partial charge on any atom is -0.480 e. The molecule has 2 atom stereocenters. The second-order valence-electron chi connectivity index (χ2n) is 5.95. The van der Waals surface area contributed by atoms with Crippen LogP contribution in [0.25, 0.3) is 0 Å². The van der Waals surface area contributed by atoms with Crippen molar-refractivity contribution < 1.29 is 19.5 Å². The first kappa shape index (κ1) is 15.8. The lowest BCUT2D eigenvalue weighted by Gasteiger charge is -2.27. The average molecular weight is 296 g/mol. The molecule has 0 radical (unpaired) electrons. The number of carbonyl (C=O) groups excluding carboxylic acids is 2. The van der Waals surface area contributed by atoms with Gasteiger partial charge in [0.2, 0.25) is 11.8 Å². The summed E-state index contributed by atoms with van der Waals surface area (Å²) in [5, 5.41) is 9.17. The van der Waals surface area contributed by atoms with Crippen LogP contribution >= 0.6 is 0 Å². The molecule has 2 aliphatic heterocycles. The van der Waals surface area contributed by atoms with Gasteiger partial charge in [0.05, 0.1) is 5.92 Å². The summed E-state index contributed by atoms with van der Waals surface area (Å²) in [7, 11) is 0. The zero-order chi connectivity index (χ0) is 15.6. The molecule has 0 bridgehead atoms. The van der Waals surface area contributed by atoms with Gasteiger partial charge in [-0.1, -0.05) is 13.8 Å². The molecule has 2 amide bonds. The van der Waals surface area contributed by atoms with Crippen LogP contribution in [0.4, 0.5) is 0 Å². The zero-order valence-electron chi connectivity index (χ0n) is 12.7. The topological polar surface area (TPSA) is 77.9 Å². The van der Waals surface area contributed by atoms with E-state index in [0.717, 1.165) is 19.3 Å². The highest BCUT2D eigenvalue weighted by atomic mass is 16.4. The first-order valence-electron chi connectivity index (χ1n) is 7.82. The van der Waals surface area contributed by atoms with E-state index < -0.39 is 12.0 Å². The van der Waals surface area contributed by atoms with E-state index in [1.807, 2.05) is 13.8 Å². The van der Waals surface area contributed by atoms with Gasteiger partial charge >= 0.3 is 5.97 Å². The summed E-state index contributed by atoms with van der Waals surface area (Å²) >= 11 is 0. The number of hydrogen-bond donors (Lipinski definition) is 1. The number of likely N-dealkylation sites (tertiary alicyclic amines) is 2.